The molecule has 0 rings (SSSR count). The van der Waals surface area contributed by atoms with Gasteiger partial charge in [0, 0.05) is 25.7 Å². The molecule has 19 heteroatoms. The van der Waals surface area contributed by atoms with Crippen molar-refractivity contribution in [2.75, 3.05) is 39.6 Å². The van der Waals surface area contributed by atoms with Crippen molar-refractivity contribution in [3.8, 4) is 0 Å². The van der Waals surface area contributed by atoms with Gasteiger partial charge in [-0.3, -0.25) is 37.3 Å². The van der Waals surface area contributed by atoms with Gasteiger partial charge < -0.3 is 33.8 Å². The first-order chi connectivity index (χ1) is 40.4. The molecule has 17 nitrogen and oxygen atoms in total. The highest BCUT2D eigenvalue weighted by atomic mass is 31.2. The normalized spacial score (nSPS) is 14.6. The van der Waals surface area contributed by atoms with Crippen LogP contribution in [0.3, 0.4) is 0 Å². The number of phosphoric ester groups is 2. The average Bonchev–Trinajstić information content (AvgIpc) is 3.59. The Hall–Kier alpha value is -1.94. The third-order valence-corrected chi connectivity index (χ3v) is 17.2. The molecule has 3 unspecified atom stereocenters. The molecule has 0 fully saturated rings. The second-order valence-electron chi connectivity index (χ2n) is 24.2. The number of unbranched alkanes of at least 4 members (excludes halogenated alkanes) is 33. The molecule has 0 amide bonds. The number of aliphatic hydroxyl groups excluding tert-OH is 1. The first-order valence-electron chi connectivity index (χ1n) is 34.0. The number of ether oxygens (including phenoxy) is 4. The van der Waals surface area contributed by atoms with E-state index in [2.05, 4.69) is 41.5 Å². The highest BCUT2D eigenvalue weighted by Crippen LogP contribution is 2.45. The minimum atomic E-state index is -4.95. The van der Waals surface area contributed by atoms with Gasteiger partial charge >= 0.3 is 39.5 Å². The molecular formula is C65H126O17P2. The summed E-state index contributed by atoms with van der Waals surface area (Å²) in [7, 11) is -9.88. The fourth-order valence-corrected chi connectivity index (χ4v) is 11.3. The van der Waals surface area contributed by atoms with E-state index in [1.807, 2.05) is 0 Å². The minimum Gasteiger partial charge on any atom is -0.462 e. The van der Waals surface area contributed by atoms with E-state index in [1.54, 1.807) is 0 Å². The monoisotopic (exact) mass is 1240 g/mol. The SMILES string of the molecule is CCCCCCCCCCCCCCCCCCC(=O)O[C@H](COC(=O)CCCCCCCCCCCCC(C)C)COP(=O)(O)OC[C@@H](O)COP(=O)(O)OC[C@@H](COC(=O)CCCCCCC)OC(=O)CCCCCCCCC(C)CC. The summed E-state index contributed by atoms with van der Waals surface area (Å²) in [6, 6.07) is 0. The van der Waals surface area contributed by atoms with Crippen molar-refractivity contribution in [3.05, 3.63) is 0 Å². The zero-order chi connectivity index (χ0) is 62.2. The minimum absolute atomic E-state index is 0.102. The fraction of sp³-hybridized carbons (Fsp3) is 0.938. The summed E-state index contributed by atoms with van der Waals surface area (Å²) in [6.07, 6.45) is 40.7. The van der Waals surface area contributed by atoms with Crippen LogP contribution in [0.2, 0.25) is 0 Å². The van der Waals surface area contributed by atoms with Crippen molar-refractivity contribution in [2.24, 2.45) is 11.8 Å². The second-order valence-corrected chi connectivity index (χ2v) is 27.1. The molecule has 0 heterocycles. The van der Waals surface area contributed by atoms with Crippen LogP contribution in [0, 0.1) is 11.8 Å². The van der Waals surface area contributed by atoms with E-state index >= 15 is 0 Å². The van der Waals surface area contributed by atoms with Gasteiger partial charge in [0.05, 0.1) is 26.4 Å². The van der Waals surface area contributed by atoms with Gasteiger partial charge in [0.15, 0.2) is 12.2 Å². The van der Waals surface area contributed by atoms with Crippen LogP contribution >= 0.6 is 15.6 Å². The highest BCUT2D eigenvalue weighted by Gasteiger charge is 2.30. The molecule has 6 atom stereocenters. The number of hydrogen-bond donors (Lipinski definition) is 3. The topological polar surface area (TPSA) is 237 Å². The number of esters is 4. The first-order valence-corrected chi connectivity index (χ1v) is 37.0. The van der Waals surface area contributed by atoms with Crippen LogP contribution in [0.1, 0.15) is 324 Å². The predicted molar refractivity (Wildman–Crippen MR) is 335 cm³/mol. The Morgan fingerprint density at radius 1 is 0.345 bits per heavy atom. The Morgan fingerprint density at radius 2 is 0.607 bits per heavy atom. The summed E-state index contributed by atoms with van der Waals surface area (Å²) in [4.78, 5) is 72.0. The Morgan fingerprint density at radius 3 is 0.905 bits per heavy atom. The average molecular weight is 1240 g/mol. The zero-order valence-corrected chi connectivity index (χ0v) is 56.0. The Balaban J connectivity index is 5.18. The van der Waals surface area contributed by atoms with Crippen molar-refractivity contribution < 1.29 is 80.2 Å². The Labute approximate surface area is 511 Å². The molecule has 0 radical (unpaired) electrons. The van der Waals surface area contributed by atoms with E-state index in [0.29, 0.717) is 25.7 Å². The molecule has 0 bridgehead atoms. The molecule has 0 aliphatic heterocycles. The maximum absolute atomic E-state index is 13.0. The molecule has 84 heavy (non-hydrogen) atoms. The van der Waals surface area contributed by atoms with E-state index in [0.717, 1.165) is 108 Å². The molecular weight excluding hydrogens is 1110 g/mol. The largest absolute Gasteiger partial charge is 0.472 e. The van der Waals surface area contributed by atoms with Crippen LogP contribution in [-0.2, 0) is 65.4 Å². The molecule has 0 aromatic rings. The summed E-state index contributed by atoms with van der Waals surface area (Å²) < 4.78 is 67.9. The van der Waals surface area contributed by atoms with E-state index in [9.17, 15) is 43.2 Å². The van der Waals surface area contributed by atoms with E-state index in [-0.39, 0.29) is 25.7 Å². The molecule has 498 valence electrons. The lowest BCUT2D eigenvalue weighted by atomic mass is 10.00. The van der Waals surface area contributed by atoms with Crippen LogP contribution in [0.4, 0.5) is 0 Å². The number of aliphatic hydroxyl groups is 1. The zero-order valence-electron chi connectivity index (χ0n) is 54.2. The van der Waals surface area contributed by atoms with Gasteiger partial charge in [0.1, 0.15) is 19.3 Å². The number of phosphoric acid groups is 2. The van der Waals surface area contributed by atoms with Gasteiger partial charge in [0.2, 0.25) is 0 Å². The molecule has 0 aromatic heterocycles. The lowest BCUT2D eigenvalue weighted by Crippen LogP contribution is -2.30. The summed E-state index contributed by atoms with van der Waals surface area (Å²) >= 11 is 0. The van der Waals surface area contributed by atoms with Crippen LogP contribution in [0.15, 0.2) is 0 Å². The van der Waals surface area contributed by atoms with Gasteiger partial charge in [0.25, 0.3) is 0 Å². The van der Waals surface area contributed by atoms with Crippen molar-refractivity contribution >= 4 is 39.5 Å². The van der Waals surface area contributed by atoms with Crippen molar-refractivity contribution in [1.82, 2.24) is 0 Å². The molecule has 0 spiro atoms. The highest BCUT2D eigenvalue weighted by molar-refractivity contribution is 7.47. The molecule has 0 saturated heterocycles. The Bertz CT molecular complexity index is 1650. The lowest BCUT2D eigenvalue weighted by molar-refractivity contribution is -0.161. The molecule has 0 aliphatic rings. The lowest BCUT2D eigenvalue weighted by Gasteiger charge is -2.21. The number of carbonyl (C=O) groups excluding carboxylic acids is 4. The maximum atomic E-state index is 13.0. The number of rotatable bonds is 64. The maximum Gasteiger partial charge on any atom is 0.472 e. The van der Waals surface area contributed by atoms with Crippen LogP contribution in [-0.4, -0.2) is 96.7 Å². The second kappa shape index (κ2) is 57.5. The van der Waals surface area contributed by atoms with Crippen molar-refractivity contribution in [2.45, 2.75) is 342 Å². The van der Waals surface area contributed by atoms with Gasteiger partial charge in [-0.05, 0) is 37.5 Å². The molecule has 0 aromatic carbocycles. The van der Waals surface area contributed by atoms with Gasteiger partial charge in [-0.15, -0.1) is 0 Å². The summed E-state index contributed by atoms with van der Waals surface area (Å²) in [5.41, 5.74) is 0. The third kappa shape index (κ3) is 57.8. The third-order valence-electron chi connectivity index (χ3n) is 15.3. The van der Waals surface area contributed by atoms with E-state index in [4.69, 9.17) is 37.0 Å². The molecule has 3 N–H and O–H groups in total. The van der Waals surface area contributed by atoms with Crippen molar-refractivity contribution in [3.63, 3.8) is 0 Å². The number of carbonyl (C=O) groups is 4. The Kier molecular flexibility index (Phi) is 56.2. The van der Waals surface area contributed by atoms with Crippen molar-refractivity contribution in [1.29, 1.82) is 0 Å². The quantitative estimate of drug-likeness (QED) is 0.0222. The van der Waals surface area contributed by atoms with Gasteiger partial charge in [-0.25, -0.2) is 9.13 Å². The summed E-state index contributed by atoms with van der Waals surface area (Å²) in [6.45, 7) is 9.36. The first kappa shape index (κ1) is 82.1. The fourth-order valence-electron chi connectivity index (χ4n) is 9.68. The molecule has 0 saturated carbocycles. The summed E-state index contributed by atoms with van der Waals surface area (Å²) in [5, 5.41) is 10.5. The smallest absolute Gasteiger partial charge is 0.462 e. The van der Waals surface area contributed by atoms with Gasteiger partial charge in [-0.2, -0.15) is 0 Å². The van der Waals surface area contributed by atoms with E-state index < -0.39 is 97.5 Å². The van der Waals surface area contributed by atoms with Gasteiger partial charge in [-0.1, -0.05) is 273 Å². The van der Waals surface area contributed by atoms with Crippen LogP contribution < -0.4 is 0 Å². The molecule has 0 aliphatic carbocycles. The number of hydrogen-bond acceptors (Lipinski definition) is 15. The van der Waals surface area contributed by atoms with Crippen LogP contribution in [0.25, 0.3) is 0 Å². The summed E-state index contributed by atoms with van der Waals surface area (Å²) in [5.74, 6) is -0.665. The standard InChI is InChI=1S/C65H126O17P2/c1-7-10-12-14-15-16-17-18-19-20-21-22-27-30-37-43-49-64(69)81-61(54-76-63(68)48-42-36-29-26-24-23-25-28-34-39-45-57(4)5)56-80-84(73,74)78-52-59(66)51-77-83(71,72)79-55-60(53-75-62(67)47-41-33-13-11-8-2)82-65(70)50-44-38-32-31-35-40-46-58(6)9-3/h57-61,66H,7-56H2,1-6H3,(H,71,72)(H,73,74)/t58?,59-,60+,61+/m0/s1. The van der Waals surface area contributed by atoms with E-state index in [1.165, 1.54) is 135 Å². The van der Waals surface area contributed by atoms with Crippen LogP contribution in [0.5, 0.6) is 0 Å². The predicted octanol–water partition coefficient (Wildman–Crippen LogP) is 18.0.